The van der Waals surface area contributed by atoms with Gasteiger partial charge in [-0.2, -0.15) is 0 Å². The van der Waals surface area contributed by atoms with Gasteiger partial charge in [-0.1, -0.05) is 29.8 Å². The summed E-state index contributed by atoms with van der Waals surface area (Å²) in [4.78, 5) is 13.8. The molecule has 0 bridgehead atoms. The van der Waals surface area contributed by atoms with Crippen molar-refractivity contribution in [2.24, 2.45) is 5.73 Å². The summed E-state index contributed by atoms with van der Waals surface area (Å²) in [5.41, 5.74) is 8.08. The number of amides is 1. The Labute approximate surface area is 108 Å². The van der Waals surface area contributed by atoms with Crippen LogP contribution in [-0.2, 0) is 11.2 Å². The van der Waals surface area contributed by atoms with E-state index in [1.165, 1.54) is 5.56 Å². The molecular weight excluding hydrogens is 236 g/mol. The lowest BCUT2D eigenvalue weighted by atomic mass is 10.1. The summed E-state index contributed by atoms with van der Waals surface area (Å²) in [6.45, 7) is 3.57. The number of nitrogens with zero attached hydrogens (tertiary/aromatic N) is 1. The van der Waals surface area contributed by atoms with E-state index in [0.717, 1.165) is 18.5 Å². The highest BCUT2D eigenvalue weighted by molar-refractivity contribution is 5.85. The van der Waals surface area contributed by atoms with Gasteiger partial charge in [-0.25, -0.2) is 0 Å². The van der Waals surface area contributed by atoms with Gasteiger partial charge in [0.1, 0.15) is 0 Å². The van der Waals surface area contributed by atoms with E-state index in [0.29, 0.717) is 13.0 Å². The third kappa shape index (κ3) is 3.72. The highest BCUT2D eigenvalue weighted by Crippen LogP contribution is 2.11. The van der Waals surface area contributed by atoms with Crippen LogP contribution in [0, 0.1) is 6.92 Å². The van der Waals surface area contributed by atoms with Crippen molar-refractivity contribution in [1.29, 1.82) is 0 Å². The largest absolute Gasteiger partial charge is 0.341 e. The average molecular weight is 255 g/mol. The van der Waals surface area contributed by atoms with Crippen molar-refractivity contribution < 1.29 is 4.79 Å². The molecule has 0 aliphatic carbocycles. The minimum absolute atomic E-state index is 0. The molecule has 1 aromatic carbocycles. The maximum Gasteiger partial charge on any atom is 0.227 e. The van der Waals surface area contributed by atoms with Crippen molar-refractivity contribution in [3.63, 3.8) is 0 Å². The topological polar surface area (TPSA) is 46.3 Å². The number of carbonyl (C=O) groups excluding carboxylic acids is 1. The molecule has 0 aromatic heterocycles. The quantitative estimate of drug-likeness (QED) is 0.870. The predicted molar refractivity (Wildman–Crippen MR) is 71.3 cm³/mol. The molecular formula is C13H19ClN2O. The Morgan fingerprint density at radius 3 is 2.59 bits per heavy atom. The van der Waals surface area contributed by atoms with Crippen LogP contribution >= 0.6 is 12.4 Å². The normalized spacial score (nSPS) is 18.9. The molecule has 94 valence electrons. The van der Waals surface area contributed by atoms with Gasteiger partial charge in [0.15, 0.2) is 0 Å². The smallest absolute Gasteiger partial charge is 0.227 e. The number of aryl methyl sites for hydroxylation is 1. The van der Waals surface area contributed by atoms with E-state index in [1.807, 2.05) is 36.1 Å². The fourth-order valence-electron chi connectivity index (χ4n) is 2.01. The third-order valence-corrected chi connectivity index (χ3v) is 3.05. The van der Waals surface area contributed by atoms with Crippen molar-refractivity contribution in [2.45, 2.75) is 25.8 Å². The van der Waals surface area contributed by atoms with Crippen LogP contribution in [0.1, 0.15) is 17.5 Å². The predicted octanol–water partition coefficient (Wildman–Crippen LogP) is 1.52. The Morgan fingerprint density at radius 2 is 2.06 bits per heavy atom. The van der Waals surface area contributed by atoms with Crippen molar-refractivity contribution in [2.75, 3.05) is 13.1 Å². The third-order valence-electron chi connectivity index (χ3n) is 3.05. The molecule has 1 amide bonds. The molecule has 0 saturated carbocycles. The number of hydrogen-bond acceptors (Lipinski definition) is 2. The summed E-state index contributed by atoms with van der Waals surface area (Å²) in [6.07, 6.45) is 1.42. The first kappa shape index (κ1) is 14.0. The average Bonchev–Trinajstić information content (AvgIpc) is 2.68. The van der Waals surface area contributed by atoms with Crippen LogP contribution in [0.2, 0.25) is 0 Å². The van der Waals surface area contributed by atoms with E-state index in [1.54, 1.807) is 0 Å². The van der Waals surface area contributed by atoms with Crippen LogP contribution < -0.4 is 5.73 Å². The van der Waals surface area contributed by atoms with Gasteiger partial charge in [-0.05, 0) is 18.9 Å². The summed E-state index contributed by atoms with van der Waals surface area (Å²) in [5, 5.41) is 0. The molecule has 1 aliphatic heterocycles. The SMILES string of the molecule is Cc1ccc(CC(=O)N2CC[C@@H](N)C2)cc1.Cl. The van der Waals surface area contributed by atoms with Crippen LogP contribution in [0.3, 0.4) is 0 Å². The Bertz CT molecular complexity index is 378. The number of likely N-dealkylation sites (tertiary alicyclic amines) is 1. The first-order valence-electron chi connectivity index (χ1n) is 5.74. The second-order valence-electron chi connectivity index (χ2n) is 4.55. The maximum absolute atomic E-state index is 11.9. The second kappa shape index (κ2) is 6.03. The summed E-state index contributed by atoms with van der Waals surface area (Å²) >= 11 is 0. The molecule has 17 heavy (non-hydrogen) atoms. The molecule has 0 spiro atoms. The molecule has 0 unspecified atom stereocenters. The van der Waals surface area contributed by atoms with E-state index in [-0.39, 0.29) is 24.4 Å². The number of carbonyl (C=O) groups is 1. The molecule has 1 heterocycles. The first-order valence-corrected chi connectivity index (χ1v) is 5.74. The second-order valence-corrected chi connectivity index (χ2v) is 4.55. The van der Waals surface area contributed by atoms with Gasteiger partial charge in [-0.15, -0.1) is 12.4 Å². The highest BCUT2D eigenvalue weighted by atomic mass is 35.5. The minimum atomic E-state index is 0. The summed E-state index contributed by atoms with van der Waals surface area (Å²) in [6, 6.07) is 8.28. The molecule has 0 radical (unpaired) electrons. The molecule has 3 nitrogen and oxygen atoms in total. The van der Waals surface area contributed by atoms with Crippen LogP contribution in [-0.4, -0.2) is 29.9 Å². The number of benzene rings is 1. The Hall–Kier alpha value is -1.06. The van der Waals surface area contributed by atoms with Crippen LogP contribution in [0.4, 0.5) is 0 Å². The molecule has 1 atom stereocenters. The molecule has 1 aromatic rings. The van der Waals surface area contributed by atoms with Gasteiger partial charge in [0.25, 0.3) is 0 Å². The molecule has 1 saturated heterocycles. The maximum atomic E-state index is 11.9. The summed E-state index contributed by atoms with van der Waals surface area (Å²) in [5.74, 6) is 0.191. The Balaban J connectivity index is 0.00000144. The van der Waals surface area contributed by atoms with E-state index >= 15 is 0 Å². The van der Waals surface area contributed by atoms with E-state index in [2.05, 4.69) is 0 Å². The highest BCUT2D eigenvalue weighted by Gasteiger charge is 2.23. The zero-order valence-electron chi connectivity index (χ0n) is 10.1. The van der Waals surface area contributed by atoms with Gasteiger partial charge in [0.05, 0.1) is 6.42 Å². The van der Waals surface area contributed by atoms with Gasteiger partial charge >= 0.3 is 0 Å². The number of hydrogen-bond donors (Lipinski definition) is 1. The number of rotatable bonds is 2. The van der Waals surface area contributed by atoms with E-state index in [4.69, 9.17) is 5.73 Å². The molecule has 1 aliphatic rings. The molecule has 4 heteroatoms. The Kier molecular flexibility index (Phi) is 4.97. The van der Waals surface area contributed by atoms with Gasteiger partial charge < -0.3 is 10.6 Å². The standard InChI is InChI=1S/C13H18N2O.ClH/c1-10-2-4-11(5-3-10)8-13(16)15-7-6-12(14)9-15;/h2-5,12H,6-9,14H2,1H3;1H/t12-;/m1./s1. The fraction of sp³-hybridized carbons (Fsp3) is 0.462. The zero-order valence-corrected chi connectivity index (χ0v) is 10.9. The van der Waals surface area contributed by atoms with Crippen molar-refractivity contribution in [3.8, 4) is 0 Å². The van der Waals surface area contributed by atoms with Crippen LogP contribution in [0.5, 0.6) is 0 Å². The van der Waals surface area contributed by atoms with Gasteiger partial charge in [-0.3, -0.25) is 4.79 Å². The van der Waals surface area contributed by atoms with Crippen molar-refractivity contribution in [3.05, 3.63) is 35.4 Å². The van der Waals surface area contributed by atoms with Gasteiger partial charge in [0.2, 0.25) is 5.91 Å². The summed E-state index contributed by atoms with van der Waals surface area (Å²) in [7, 11) is 0. The Morgan fingerprint density at radius 1 is 1.41 bits per heavy atom. The minimum Gasteiger partial charge on any atom is -0.341 e. The number of nitrogens with two attached hydrogens (primary N) is 1. The molecule has 2 rings (SSSR count). The monoisotopic (exact) mass is 254 g/mol. The van der Waals surface area contributed by atoms with Gasteiger partial charge in [0, 0.05) is 19.1 Å². The van der Waals surface area contributed by atoms with E-state index in [9.17, 15) is 4.79 Å². The first-order chi connectivity index (χ1) is 7.65. The lowest BCUT2D eigenvalue weighted by Gasteiger charge is -2.15. The van der Waals surface area contributed by atoms with Crippen LogP contribution in [0.25, 0.3) is 0 Å². The number of halogens is 1. The van der Waals surface area contributed by atoms with E-state index < -0.39 is 0 Å². The van der Waals surface area contributed by atoms with Crippen LogP contribution in [0.15, 0.2) is 24.3 Å². The molecule has 1 fully saturated rings. The lowest BCUT2D eigenvalue weighted by Crippen LogP contribution is -2.32. The fourth-order valence-corrected chi connectivity index (χ4v) is 2.01. The van der Waals surface area contributed by atoms with Crippen molar-refractivity contribution >= 4 is 18.3 Å². The van der Waals surface area contributed by atoms with Crippen molar-refractivity contribution in [1.82, 2.24) is 4.90 Å². The molecule has 2 N–H and O–H groups in total. The summed E-state index contributed by atoms with van der Waals surface area (Å²) < 4.78 is 0. The lowest BCUT2D eigenvalue weighted by molar-refractivity contribution is -0.129. The zero-order chi connectivity index (χ0) is 11.5.